The number of aromatic nitrogens is 2. The van der Waals surface area contributed by atoms with E-state index in [-0.39, 0.29) is 25.2 Å². The maximum Gasteiger partial charge on any atom is 0.389 e. The normalized spacial score (nSPS) is 11.1. The van der Waals surface area contributed by atoms with Gasteiger partial charge in [0.2, 0.25) is 5.91 Å². The van der Waals surface area contributed by atoms with Gasteiger partial charge in [-0.25, -0.2) is 4.79 Å². The second-order valence-corrected chi connectivity index (χ2v) is 4.27. The smallest absolute Gasteiger partial charge is 0.389 e. The molecule has 0 radical (unpaired) electrons. The van der Waals surface area contributed by atoms with Crippen LogP contribution in [0.15, 0.2) is 12.3 Å². The van der Waals surface area contributed by atoms with Crippen molar-refractivity contribution in [1.29, 1.82) is 0 Å². The average molecular weight is 284 g/mol. The lowest BCUT2D eigenvalue weighted by atomic mass is 9.93. The molecule has 1 aromatic rings. The van der Waals surface area contributed by atoms with Crippen LogP contribution in [-0.4, -0.2) is 37.2 Å². The van der Waals surface area contributed by atoms with Crippen molar-refractivity contribution in [3.63, 3.8) is 0 Å². The Balaban J connectivity index is 2.75. The molecule has 0 aromatic carbocycles. The van der Waals surface area contributed by atoms with Gasteiger partial charge in [-0.3, -0.25) is 4.79 Å². The van der Waals surface area contributed by atoms with Crippen LogP contribution in [0.4, 0.5) is 5.82 Å². The van der Waals surface area contributed by atoms with Crippen molar-refractivity contribution in [2.45, 2.75) is 38.8 Å². The Kier molecular flexibility index (Phi) is 4.78. The molecule has 0 spiro atoms. The minimum atomic E-state index is -1.32. The summed E-state index contributed by atoms with van der Waals surface area (Å²) in [5.74, 6) is -2.04. The van der Waals surface area contributed by atoms with Crippen LogP contribution in [0.5, 0.6) is 0 Å². The summed E-state index contributed by atoms with van der Waals surface area (Å²) in [7, 11) is 0. The second-order valence-electron chi connectivity index (χ2n) is 4.27. The Hall–Kier alpha value is -2.45. The van der Waals surface area contributed by atoms with Crippen LogP contribution in [-0.2, 0) is 16.1 Å². The number of nitrogens with one attached hydrogen (secondary N) is 1. The quantitative estimate of drug-likeness (QED) is 0.556. The summed E-state index contributed by atoms with van der Waals surface area (Å²) < 4.78 is 1.09. The van der Waals surface area contributed by atoms with Gasteiger partial charge in [-0.15, -0.1) is 0 Å². The number of rotatable bonds is 7. The van der Waals surface area contributed by atoms with Crippen LogP contribution in [0.25, 0.3) is 0 Å². The zero-order chi connectivity index (χ0) is 15.3. The van der Waals surface area contributed by atoms with Gasteiger partial charge < -0.3 is 20.5 Å². The van der Waals surface area contributed by atoms with Crippen molar-refractivity contribution >= 4 is 17.7 Å². The summed E-state index contributed by atoms with van der Waals surface area (Å²) >= 11 is 0. The molecule has 2 N–H and O–H groups in total. The number of aliphatic carboxylic acids is 1. The van der Waals surface area contributed by atoms with E-state index in [0.29, 0.717) is 0 Å². The molecule has 1 heterocycles. The number of carbonyl (C=O) groups excluding carboxylic acids is 1. The van der Waals surface area contributed by atoms with Gasteiger partial charge >= 0.3 is 11.8 Å². The molecule has 110 valence electrons. The maximum absolute atomic E-state index is 11.8. The summed E-state index contributed by atoms with van der Waals surface area (Å²) in [5, 5.41) is 25.7. The Bertz CT molecular complexity index is 521. The SMILES string of the molecule is CCC(CC)(NC(=O)Cn1ccc([N+](=O)[O-])n1)C(=O)O. The van der Waals surface area contributed by atoms with E-state index in [1.54, 1.807) is 13.8 Å². The highest BCUT2D eigenvalue weighted by atomic mass is 16.6. The molecule has 0 unspecified atom stereocenters. The lowest BCUT2D eigenvalue weighted by Crippen LogP contribution is -2.54. The molecule has 0 saturated heterocycles. The molecule has 9 heteroatoms. The first kappa shape index (κ1) is 15.6. The van der Waals surface area contributed by atoms with E-state index >= 15 is 0 Å². The van der Waals surface area contributed by atoms with Crippen molar-refractivity contribution < 1.29 is 19.6 Å². The third-order valence-corrected chi connectivity index (χ3v) is 3.11. The third kappa shape index (κ3) is 3.31. The standard InChI is InChI=1S/C11H16N4O5/c1-3-11(4-2,10(17)18)12-9(16)7-14-6-5-8(13-14)15(19)20/h5-6H,3-4,7H2,1-2H3,(H,12,16)(H,17,18). The highest BCUT2D eigenvalue weighted by Gasteiger charge is 2.36. The van der Waals surface area contributed by atoms with Gasteiger partial charge in [-0.1, -0.05) is 13.8 Å². The van der Waals surface area contributed by atoms with Crippen LogP contribution in [0.3, 0.4) is 0 Å². The van der Waals surface area contributed by atoms with E-state index < -0.39 is 22.3 Å². The number of carboxylic acids is 1. The van der Waals surface area contributed by atoms with Crippen LogP contribution >= 0.6 is 0 Å². The molecule has 9 nitrogen and oxygen atoms in total. The zero-order valence-electron chi connectivity index (χ0n) is 11.2. The highest BCUT2D eigenvalue weighted by Crippen LogP contribution is 2.15. The monoisotopic (exact) mass is 284 g/mol. The fourth-order valence-electron chi connectivity index (χ4n) is 1.77. The minimum Gasteiger partial charge on any atom is -0.480 e. The highest BCUT2D eigenvalue weighted by molar-refractivity contribution is 5.86. The van der Waals surface area contributed by atoms with Gasteiger partial charge in [0.15, 0.2) is 0 Å². The predicted molar refractivity (Wildman–Crippen MR) is 68.0 cm³/mol. The molecule has 1 rings (SSSR count). The van der Waals surface area contributed by atoms with Gasteiger partial charge in [0.05, 0.1) is 17.4 Å². The first-order valence-corrected chi connectivity index (χ1v) is 6.07. The molecule has 0 fully saturated rings. The zero-order valence-corrected chi connectivity index (χ0v) is 11.2. The number of hydrogen-bond donors (Lipinski definition) is 2. The van der Waals surface area contributed by atoms with Crippen molar-refractivity contribution in [3.8, 4) is 0 Å². The van der Waals surface area contributed by atoms with Crippen LogP contribution in [0, 0.1) is 10.1 Å². The van der Waals surface area contributed by atoms with Gasteiger partial charge in [0, 0.05) is 0 Å². The number of hydrogen-bond acceptors (Lipinski definition) is 5. The summed E-state index contributed by atoms with van der Waals surface area (Å²) in [6.07, 6.45) is 1.77. The molecule has 0 aliphatic carbocycles. The van der Waals surface area contributed by atoms with E-state index in [2.05, 4.69) is 10.4 Å². The molecule has 20 heavy (non-hydrogen) atoms. The van der Waals surface area contributed by atoms with Gasteiger partial charge in [-0.2, -0.15) is 4.68 Å². The fraction of sp³-hybridized carbons (Fsp3) is 0.545. The minimum absolute atomic E-state index is 0.240. The van der Waals surface area contributed by atoms with Crippen molar-refractivity contribution in [2.75, 3.05) is 0 Å². The maximum atomic E-state index is 11.8. The predicted octanol–water partition coefficient (Wildman–Crippen LogP) is 0.551. The Morgan fingerprint density at radius 1 is 1.50 bits per heavy atom. The molecule has 0 bridgehead atoms. The number of nitrogens with zero attached hydrogens (tertiary/aromatic N) is 3. The Labute approximate surface area is 114 Å². The molecule has 1 aromatic heterocycles. The van der Waals surface area contributed by atoms with E-state index in [1.165, 1.54) is 6.20 Å². The summed E-state index contributed by atoms with van der Waals surface area (Å²) in [4.78, 5) is 32.9. The average Bonchev–Trinajstić information content (AvgIpc) is 2.84. The lowest BCUT2D eigenvalue weighted by Gasteiger charge is -2.27. The van der Waals surface area contributed by atoms with E-state index in [1.807, 2.05) is 0 Å². The van der Waals surface area contributed by atoms with Crippen molar-refractivity contribution in [3.05, 3.63) is 22.4 Å². The second kappa shape index (κ2) is 6.13. The van der Waals surface area contributed by atoms with Crippen molar-refractivity contribution in [1.82, 2.24) is 15.1 Å². The molecule has 0 atom stereocenters. The molecular weight excluding hydrogens is 268 g/mol. The van der Waals surface area contributed by atoms with Crippen LogP contribution in [0.2, 0.25) is 0 Å². The molecule has 0 saturated carbocycles. The lowest BCUT2D eigenvalue weighted by molar-refractivity contribution is -0.389. The van der Waals surface area contributed by atoms with Crippen molar-refractivity contribution in [2.24, 2.45) is 0 Å². The van der Waals surface area contributed by atoms with E-state index in [0.717, 1.165) is 10.7 Å². The largest absolute Gasteiger partial charge is 0.480 e. The Morgan fingerprint density at radius 3 is 2.50 bits per heavy atom. The van der Waals surface area contributed by atoms with Gasteiger partial charge in [-0.05, 0) is 17.8 Å². The van der Waals surface area contributed by atoms with Gasteiger partial charge in [0.25, 0.3) is 0 Å². The van der Waals surface area contributed by atoms with Crippen LogP contribution < -0.4 is 5.32 Å². The topological polar surface area (TPSA) is 127 Å². The number of carbonyl (C=O) groups is 2. The molecule has 1 amide bonds. The van der Waals surface area contributed by atoms with Gasteiger partial charge in [0.1, 0.15) is 12.1 Å². The number of carboxylic acid groups (broad SMARTS) is 1. The summed E-state index contributed by atoms with van der Waals surface area (Å²) in [6.45, 7) is 3.05. The summed E-state index contributed by atoms with van der Waals surface area (Å²) in [5.41, 5.74) is -1.32. The molecule has 0 aliphatic rings. The van der Waals surface area contributed by atoms with E-state index in [4.69, 9.17) is 0 Å². The molecular formula is C11H16N4O5. The Morgan fingerprint density at radius 2 is 2.10 bits per heavy atom. The fourth-order valence-corrected chi connectivity index (χ4v) is 1.77. The third-order valence-electron chi connectivity index (χ3n) is 3.11. The molecule has 0 aliphatic heterocycles. The van der Waals surface area contributed by atoms with Crippen LogP contribution in [0.1, 0.15) is 26.7 Å². The first-order valence-electron chi connectivity index (χ1n) is 6.07. The van der Waals surface area contributed by atoms with E-state index in [9.17, 15) is 24.8 Å². The number of nitro groups is 1. The first-order chi connectivity index (χ1) is 9.34. The summed E-state index contributed by atoms with van der Waals surface area (Å²) in [6, 6.07) is 1.16. The number of amides is 1.